The SMILES string of the molecule is Cc1cnc(C(=O)NCCCO)cn1. The summed E-state index contributed by atoms with van der Waals surface area (Å²) in [6.45, 7) is 2.32. The average Bonchev–Trinajstić information content (AvgIpc) is 2.19. The maximum atomic E-state index is 11.3. The Labute approximate surface area is 82.2 Å². The zero-order chi connectivity index (χ0) is 10.4. The van der Waals surface area contributed by atoms with E-state index in [-0.39, 0.29) is 12.5 Å². The van der Waals surface area contributed by atoms with Gasteiger partial charge in [0.05, 0.1) is 11.9 Å². The highest BCUT2D eigenvalue weighted by molar-refractivity contribution is 5.91. The van der Waals surface area contributed by atoms with Gasteiger partial charge in [0.1, 0.15) is 5.69 Å². The molecular formula is C9H13N3O2. The van der Waals surface area contributed by atoms with Crippen LogP contribution in [0.5, 0.6) is 0 Å². The van der Waals surface area contributed by atoms with E-state index in [4.69, 9.17) is 5.11 Å². The number of hydrogen-bond donors (Lipinski definition) is 2. The molecule has 1 heterocycles. The number of hydrogen-bond acceptors (Lipinski definition) is 4. The van der Waals surface area contributed by atoms with Crippen LogP contribution < -0.4 is 5.32 Å². The molecule has 1 aromatic rings. The smallest absolute Gasteiger partial charge is 0.271 e. The quantitative estimate of drug-likeness (QED) is 0.658. The number of aryl methyl sites for hydroxylation is 1. The summed E-state index contributed by atoms with van der Waals surface area (Å²) in [4.78, 5) is 19.2. The first-order valence-electron chi connectivity index (χ1n) is 4.41. The van der Waals surface area contributed by atoms with Gasteiger partial charge in [0.2, 0.25) is 0 Å². The second-order valence-corrected chi connectivity index (χ2v) is 2.88. The molecular weight excluding hydrogens is 182 g/mol. The van der Waals surface area contributed by atoms with Crippen LogP contribution in [0.1, 0.15) is 22.6 Å². The van der Waals surface area contributed by atoms with Crippen LogP contribution in [0.2, 0.25) is 0 Å². The molecule has 0 unspecified atom stereocenters. The summed E-state index contributed by atoms with van der Waals surface area (Å²) >= 11 is 0. The minimum atomic E-state index is -0.258. The minimum absolute atomic E-state index is 0.0693. The molecule has 5 heteroatoms. The summed E-state index contributed by atoms with van der Waals surface area (Å²) < 4.78 is 0. The molecule has 5 nitrogen and oxygen atoms in total. The van der Waals surface area contributed by atoms with E-state index in [1.807, 2.05) is 0 Å². The number of aliphatic hydroxyl groups excluding tert-OH is 1. The summed E-state index contributed by atoms with van der Waals surface area (Å²) in [5.41, 5.74) is 1.07. The summed E-state index contributed by atoms with van der Waals surface area (Å²) in [5, 5.41) is 11.1. The number of carbonyl (C=O) groups is 1. The number of nitrogens with zero attached hydrogens (tertiary/aromatic N) is 2. The monoisotopic (exact) mass is 195 g/mol. The van der Waals surface area contributed by atoms with Crippen molar-refractivity contribution in [2.24, 2.45) is 0 Å². The summed E-state index contributed by atoms with van der Waals surface area (Å²) in [6.07, 6.45) is 3.52. The molecule has 1 rings (SSSR count). The van der Waals surface area contributed by atoms with Gasteiger partial charge in [0, 0.05) is 19.3 Å². The van der Waals surface area contributed by atoms with Gasteiger partial charge in [-0.15, -0.1) is 0 Å². The molecule has 14 heavy (non-hydrogen) atoms. The van der Waals surface area contributed by atoms with Gasteiger partial charge in [-0.3, -0.25) is 9.78 Å². The van der Waals surface area contributed by atoms with Gasteiger partial charge in [0.25, 0.3) is 5.91 Å². The molecule has 0 atom stereocenters. The predicted octanol–water partition coefficient (Wildman–Crippen LogP) is -0.103. The summed E-state index contributed by atoms with van der Waals surface area (Å²) in [7, 11) is 0. The van der Waals surface area contributed by atoms with Crippen molar-refractivity contribution >= 4 is 5.91 Å². The Morgan fingerprint density at radius 3 is 2.86 bits per heavy atom. The molecule has 0 aromatic carbocycles. The highest BCUT2D eigenvalue weighted by Crippen LogP contribution is 1.93. The second kappa shape index (κ2) is 5.29. The van der Waals surface area contributed by atoms with Crippen LogP contribution in [0, 0.1) is 6.92 Å². The first kappa shape index (κ1) is 10.6. The maximum absolute atomic E-state index is 11.3. The third-order valence-electron chi connectivity index (χ3n) is 1.63. The first-order chi connectivity index (χ1) is 6.74. The van der Waals surface area contributed by atoms with Crippen molar-refractivity contribution < 1.29 is 9.90 Å². The minimum Gasteiger partial charge on any atom is -0.396 e. The Morgan fingerprint density at radius 2 is 2.29 bits per heavy atom. The Morgan fingerprint density at radius 1 is 1.50 bits per heavy atom. The number of aliphatic hydroxyl groups is 1. The van der Waals surface area contributed by atoms with Crippen molar-refractivity contribution in [1.82, 2.24) is 15.3 Å². The molecule has 2 N–H and O–H groups in total. The van der Waals surface area contributed by atoms with E-state index >= 15 is 0 Å². The number of amides is 1. The van der Waals surface area contributed by atoms with Gasteiger partial charge in [-0.05, 0) is 13.3 Å². The molecule has 0 saturated carbocycles. The second-order valence-electron chi connectivity index (χ2n) is 2.88. The zero-order valence-corrected chi connectivity index (χ0v) is 8.03. The van der Waals surface area contributed by atoms with Crippen molar-refractivity contribution in [2.45, 2.75) is 13.3 Å². The molecule has 76 valence electrons. The van der Waals surface area contributed by atoms with Crippen LogP contribution >= 0.6 is 0 Å². The van der Waals surface area contributed by atoms with Gasteiger partial charge >= 0.3 is 0 Å². The Balaban J connectivity index is 2.48. The van der Waals surface area contributed by atoms with Gasteiger partial charge < -0.3 is 10.4 Å². The van der Waals surface area contributed by atoms with Gasteiger partial charge in [-0.2, -0.15) is 0 Å². The van der Waals surface area contributed by atoms with E-state index in [9.17, 15) is 4.79 Å². The van der Waals surface area contributed by atoms with Crippen LogP contribution in [0.4, 0.5) is 0 Å². The Bertz CT molecular complexity index is 297. The van der Waals surface area contributed by atoms with E-state index < -0.39 is 0 Å². The Hall–Kier alpha value is -1.49. The molecule has 0 spiro atoms. The van der Waals surface area contributed by atoms with Gasteiger partial charge in [0.15, 0.2) is 0 Å². The number of rotatable bonds is 4. The fourth-order valence-electron chi connectivity index (χ4n) is 0.881. The van der Waals surface area contributed by atoms with E-state index in [1.54, 1.807) is 13.1 Å². The predicted molar refractivity (Wildman–Crippen MR) is 50.8 cm³/mol. The number of aromatic nitrogens is 2. The zero-order valence-electron chi connectivity index (χ0n) is 8.03. The third kappa shape index (κ3) is 3.10. The fraction of sp³-hybridized carbons (Fsp3) is 0.444. The fourth-order valence-corrected chi connectivity index (χ4v) is 0.881. The van der Waals surface area contributed by atoms with Crippen LogP contribution in [-0.4, -0.2) is 34.1 Å². The molecule has 0 aliphatic rings. The molecule has 0 fully saturated rings. The molecule has 0 radical (unpaired) electrons. The van der Waals surface area contributed by atoms with E-state index in [1.165, 1.54) is 6.20 Å². The lowest BCUT2D eigenvalue weighted by molar-refractivity contribution is 0.0945. The van der Waals surface area contributed by atoms with E-state index in [0.29, 0.717) is 18.7 Å². The van der Waals surface area contributed by atoms with Crippen molar-refractivity contribution in [1.29, 1.82) is 0 Å². The van der Waals surface area contributed by atoms with Crippen molar-refractivity contribution in [3.63, 3.8) is 0 Å². The van der Waals surface area contributed by atoms with E-state index in [0.717, 1.165) is 5.69 Å². The molecule has 1 amide bonds. The number of nitrogens with one attached hydrogen (secondary N) is 1. The lowest BCUT2D eigenvalue weighted by Crippen LogP contribution is -2.26. The first-order valence-corrected chi connectivity index (χ1v) is 4.41. The van der Waals surface area contributed by atoms with Crippen LogP contribution in [0.15, 0.2) is 12.4 Å². The summed E-state index contributed by atoms with van der Waals surface area (Å²) in [6, 6.07) is 0. The highest BCUT2D eigenvalue weighted by Gasteiger charge is 2.05. The van der Waals surface area contributed by atoms with Crippen LogP contribution in [-0.2, 0) is 0 Å². The largest absolute Gasteiger partial charge is 0.396 e. The third-order valence-corrected chi connectivity index (χ3v) is 1.63. The molecule has 0 bridgehead atoms. The molecule has 1 aromatic heterocycles. The number of carbonyl (C=O) groups excluding carboxylic acids is 1. The van der Waals surface area contributed by atoms with Crippen molar-refractivity contribution in [3.8, 4) is 0 Å². The van der Waals surface area contributed by atoms with Crippen molar-refractivity contribution in [3.05, 3.63) is 23.8 Å². The lowest BCUT2D eigenvalue weighted by Gasteiger charge is -2.02. The van der Waals surface area contributed by atoms with Crippen LogP contribution in [0.3, 0.4) is 0 Å². The van der Waals surface area contributed by atoms with Gasteiger partial charge in [-0.1, -0.05) is 0 Å². The molecule has 0 aliphatic heterocycles. The topological polar surface area (TPSA) is 75.1 Å². The summed E-state index contributed by atoms with van der Waals surface area (Å²) in [5.74, 6) is -0.258. The lowest BCUT2D eigenvalue weighted by atomic mass is 10.3. The standard InChI is InChI=1S/C9H13N3O2/c1-7-5-12-8(6-11-7)9(14)10-3-2-4-13/h5-6,13H,2-4H2,1H3,(H,10,14). The highest BCUT2D eigenvalue weighted by atomic mass is 16.3. The molecule has 0 saturated heterocycles. The average molecular weight is 195 g/mol. The van der Waals surface area contributed by atoms with Gasteiger partial charge in [-0.25, -0.2) is 4.98 Å². The molecule has 0 aliphatic carbocycles. The van der Waals surface area contributed by atoms with Crippen molar-refractivity contribution in [2.75, 3.05) is 13.2 Å². The van der Waals surface area contributed by atoms with Crippen LogP contribution in [0.25, 0.3) is 0 Å². The Kier molecular flexibility index (Phi) is 4.00. The normalized spacial score (nSPS) is 9.86. The maximum Gasteiger partial charge on any atom is 0.271 e. The van der Waals surface area contributed by atoms with E-state index in [2.05, 4.69) is 15.3 Å².